The molecule has 0 unspecified atom stereocenters. The van der Waals surface area contributed by atoms with Crippen LogP contribution in [-0.2, 0) is 11.4 Å². The Kier molecular flexibility index (Phi) is 9.14. The zero-order valence-electron chi connectivity index (χ0n) is 18.6. The van der Waals surface area contributed by atoms with Gasteiger partial charge >= 0.3 is 5.97 Å². The fourth-order valence-electron chi connectivity index (χ4n) is 3.15. The van der Waals surface area contributed by atoms with E-state index >= 15 is 0 Å². The number of rotatable bonds is 9. The molecule has 7 nitrogen and oxygen atoms in total. The lowest BCUT2D eigenvalue weighted by molar-refractivity contribution is -0.131. The van der Waals surface area contributed by atoms with Crippen LogP contribution in [0.1, 0.15) is 11.1 Å². The minimum atomic E-state index is -1.14. The van der Waals surface area contributed by atoms with Crippen molar-refractivity contribution in [3.63, 3.8) is 0 Å². The molecule has 0 saturated heterocycles. The van der Waals surface area contributed by atoms with Crippen LogP contribution in [0.4, 0.5) is 0 Å². The molecule has 3 aromatic carbocycles. The number of hydrogen-bond acceptors (Lipinski definition) is 7. The highest BCUT2D eigenvalue weighted by Gasteiger charge is 2.20. The van der Waals surface area contributed by atoms with E-state index in [0.29, 0.717) is 34.3 Å². The second kappa shape index (κ2) is 12.3. The minimum absolute atomic E-state index is 0.00869. The van der Waals surface area contributed by atoms with Gasteiger partial charge in [-0.25, -0.2) is 4.79 Å². The topological polar surface area (TPSA) is 94.7 Å². The Morgan fingerprint density at radius 3 is 2.64 bits per heavy atom. The third-order valence-electron chi connectivity index (χ3n) is 4.76. The summed E-state index contributed by atoms with van der Waals surface area (Å²) < 4.78 is 19.0. The summed E-state index contributed by atoms with van der Waals surface area (Å²) in [5, 5.41) is 18.5. The van der Waals surface area contributed by atoms with E-state index in [0.717, 1.165) is 24.5 Å². The molecule has 184 valence electrons. The first-order valence-electron chi connectivity index (χ1n) is 10.3. The standard InChI is InChI=1S/C25H17ClI2N2O5S/c1-33-20-8-7-16(26)11-18(20)23-29-30-25(35-23)36-21(24(31)32)10-15-9-17(27)12-19(28)22(15)34-13-14-5-3-2-4-6-14/h2-12H,13H2,1H3,(H,31,32)/b21-10-. The Hall–Kier alpha value is -2.29. The van der Waals surface area contributed by atoms with Gasteiger partial charge in [-0.15, -0.1) is 10.2 Å². The van der Waals surface area contributed by atoms with Crippen LogP contribution in [0.15, 0.2) is 75.2 Å². The van der Waals surface area contributed by atoms with Crippen LogP contribution in [0.5, 0.6) is 11.5 Å². The fourth-order valence-corrected chi connectivity index (χ4v) is 6.03. The van der Waals surface area contributed by atoms with Crippen molar-refractivity contribution >= 4 is 80.6 Å². The second-order valence-corrected chi connectivity index (χ2v) is 11.1. The van der Waals surface area contributed by atoms with Gasteiger partial charge in [0, 0.05) is 14.2 Å². The molecule has 11 heteroatoms. The van der Waals surface area contributed by atoms with Crippen LogP contribution < -0.4 is 9.47 Å². The van der Waals surface area contributed by atoms with Gasteiger partial charge in [0.05, 0.1) is 16.2 Å². The summed E-state index contributed by atoms with van der Waals surface area (Å²) in [6.07, 6.45) is 1.54. The SMILES string of the molecule is COc1ccc(Cl)cc1-c1nnc(S/C(=C\c2cc(I)cc(I)c2OCc2ccccc2)C(=O)O)o1. The van der Waals surface area contributed by atoms with Crippen molar-refractivity contribution in [3.8, 4) is 23.0 Å². The number of ether oxygens (including phenoxy) is 2. The molecular weight excluding hydrogens is 730 g/mol. The van der Waals surface area contributed by atoms with Crippen molar-refractivity contribution in [2.75, 3.05) is 7.11 Å². The number of carbonyl (C=O) groups is 1. The van der Waals surface area contributed by atoms with Crippen molar-refractivity contribution in [1.82, 2.24) is 10.2 Å². The molecule has 0 fully saturated rings. The third-order valence-corrected chi connectivity index (χ3v) is 7.27. The maximum absolute atomic E-state index is 12.1. The van der Waals surface area contributed by atoms with E-state index in [1.54, 1.807) is 24.3 Å². The van der Waals surface area contributed by atoms with Crippen LogP contribution in [0.2, 0.25) is 5.02 Å². The van der Waals surface area contributed by atoms with Gasteiger partial charge in [0.1, 0.15) is 23.0 Å². The van der Waals surface area contributed by atoms with Crippen LogP contribution in [-0.4, -0.2) is 28.4 Å². The molecule has 0 aliphatic heterocycles. The van der Waals surface area contributed by atoms with Gasteiger partial charge in [0.15, 0.2) is 0 Å². The van der Waals surface area contributed by atoms with E-state index < -0.39 is 5.97 Å². The first-order chi connectivity index (χ1) is 17.3. The van der Waals surface area contributed by atoms with Crippen molar-refractivity contribution in [2.45, 2.75) is 11.8 Å². The largest absolute Gasteiger partial charge is 0.496 e. The Morgan fingerprint density at radius 1 is 1.14 bits per heavy atom. The Bertz CT molecular complexity index is 1430. The maximum atomic E-state index is 12.1. The maximum Gasteiger partial charge on any atom is 0.342 e. The smallest absolute Gasteiger partial charge is 0.342 e. The number of aromatic nitrogens is 2. The summed E-state index contributed by atoms with van der Waals surface area (Å²) in [4.78, 5) is 12.1. The molecule has 1 N–H and O–H groups in total. The summed E-state index contributed by atoms with van der Waals surface area (Å²) in [5.41, 5.74) is 2.14. The van der Waals surface area contributed by atoms with E-state index in [1.807, 2.05) is 42.5 Å². The second-order valence-electron chi connectivity index (χ2n) is 7.21. The zero-order valence-corrected chi connectivity index (χ0v) is 24.5. The van der Waals surface area contributed by atoms with Gasteiger partial charge in [-0.05, 0) is 98.9 Å². The molecule has 36 heavy (non-hydrogen) atoms. The van der Waals surface area contributed by atoms with Crippen molar-refractivity contribution in [1.29, 1.82) is 0 Å². The van der Waals surface area contributed by atoms with E-state index in [4.69, 9.17) is 25.5 Å². The zero-order chi connectivity index (χ0) is 25.7. The lowest BCUT2D eigenvalue weighted by Gasteiger charge is -2.13. The molecule has 1 heterocycles. The number of hydrogen-bond donors (Lipinski definition) is 1. The third kappa shape index (κ3) is 6.72. The van der Waals surface area contributed by atoms with Gasteiger partial charge in [-0.2, -0.15) is 0 Å². The first kappa shape index (κ1) is 26.8. The van der Waals surface area contributed by atoms with Gasteiger partial charge < -0.3 is 19.0 Å². The summed E-state index contributed by atoms with van der Waals surface area (Å²) in [6, 6.07) is 18.6. The molecule has 0 radical (unpaired) electrons. The summed E-state index contributed by atoms with van der Waals surface area (Å²) in [7, 11) is 1.52. The molecule has 0 atom stereocenters. The fraction of sp³-hybridized carbons (Fsp3) is 0.0800. The molecule has 0 saturated carbocycles. The van der Waals surface area contributed by atoms with Crippen LogP contribution in [0.3, 0.4) is 0 Å². The van der Waals surface area contributed by atoms with Crippen molar-refractivity contribution in [2.24, 2.45) is 0 Å². The quantitative estimate of drug-likeness (QED) is 0.108. The average Bonchev–Trinajstić information content (AvgIpc) is 3.32. The van der Waals surface area contributed by atoms with E-state index in [2.05, 4.69) is 55.4 Å². The molecule has 4 aromatic rings. The number of aliphatic carboxylic acids is 1. The summed E-state index contributed by atoms with van der Waals surface area (Å²) in [5.74, 6) is 0.122. The molecule has 0 bridgehead atoms. The number of nitrogens with zero attached hydrogens (tertiary/aromatic N) is 2. The molecule has 4 rings (SSSR count). The molecule has 0 amide bonds. The highest BCUT2D eigenvalue weighted by molar-refractivity contribution is 14.1. The Labute approximate surface area is 243 Å². The Morgan fingerprint density at radius 2 is 1.92 bits per heavy atom. The van der Waals surface area contributed by atoms with Gasteiger partial charge in [-0.3, -0.25) is 0 Å². The average molecular weight is 747 g/mol. The molecule has 0 aliphatic carbocycles. The number of carboxylic acids is 1. The molecule has 0 spiro atoms. The predicted molar refractivity (Wildman–Crippen MR) is 155 cm³/mol. The van der Waals surface area contributed by atoms with Crippen LogP contribution >= 0.6 is 68.5 Å². The minimum Gasteiger partial charge on any atom is -0.496 e. The normalized spacial score (nSPS) is 11.4. The van der Waals surface area contributed by atoms with Crippen molar-refractivity contribution in [3.05, 3.63) is 88.9 Å². The Balaban J connectivity index is 1.64. The number of benzene rings is 3. The lowest BCUT2D eigenvalue weighted by Crippen LogP contribution is -2.01. The number of carboxylic acid groups (broad SMARTS) is 1. The number of thioether (sulfide) groups is 1. The lowest BCUT2D eigenvalue weighted by atomic mass is 10.2. The van der Waals surface area contributed by atoms with E-state index in [-0.39, 0.29) is 16.0 Å². The number of halogens is 3. The number of methoxy groups -OCH3 is 1. The van der Waals surface area contributed by atoms with E-state index in [9.17, 15) is 9.90 Å². The van der Waals surface area contributed by atoms with E-state index in [1.165, 1.54) is 7.11 Å². The molecule has 0 aliphatic rings. The highest BCUT2D eigenvalue weighted by atomic mass is 127. The van der Waals surface area contributed by atoms with Crippen molar-refractivity contribution < 1.29 is 23.8 Å². The summed E-state index contributed by atoms with van der Waals surface area (Å²) >= 11 is 11.3. The highest BCUT2D eigenvalue weighted by Crippen LogP contribution is 2.37. The first-order valence-corrected chi connectivity index (χ1v) is 13.6. The van der Waals surface area contributed by atoms with Crippen LogP contribution in [0, 0.1) is 7.14 Å². The predicted octanol–water partition coefficient (Wildman–Crippen LogP) is 7.40. The molecule has 1 aromatic heterocycles. The monoisotopic (exact) mass is 746 g/mol. The molecular formula is C25H17ClI2N2O5S. The van der Waals surface area contributed by atoms with Gasteiger partial charge in [0.2, 0.25) is 0 Å². The summed E-state index contributed by atoms with van der Waals surface area (Å²) in [6.45, 7) is 0.350. The van der Waals surface area contributed by atoms with Crippen LogP contribution in [0.25, 0.3) is 17.5 Å². The van der Waals surface area contributed by atoms with Gasteiger partial charge in [0.25, 0.3) is 11.1 Å². The van der Waals surface area contributed by atoms with Gasteiger partial charge in [-0.1, -0.05) is 41.9 Å².